The Labute approximate surface area is 110 Å². The molecule has 0 fully saturated rings. The summed E-state index contributed by atoms with van der Waals surface area (Å²) in [5.74, 6) is -0.751. The SMILES string of the molecule is CC(=O)c1cccc(F)c1SCC(=O)NC(C)C. The number of thioether (sulfide) groups is 1. The predicted molar refractivity (Wildman–Crippen MR) is 70.4 cm³/mol. The first-order valence-electron chi connectivity index (χ1n) is 5.63. The summed E-state index contributed by atoms with van der Waals surface area (Å²) in [5, 5.41) is 2.71. The van der Waals surface area contributed by atoms with Crippen molar-refractivity contribution in [3.8, 4) is 0 Å². The highest BCUT2D eigenvalue weighted by molar-refractivity contribution is 8.00. The van der Waals surface area contributed by atoms with Crippen LogP contribution in [0.2, 0.25) is 0 Å². The Morgan fingerprint density at radius 1 is 1.39 bits per heavy atom. The molecule has 1 rings (SSSR count). The number of hydrogen-bond acceptors (Lipinski definition) is 3. The number of nitrogens with one attached hydrogen (secondary N) is 1. The van der Waals surface area contributed by atoms with Crippen LogP contribution in [0.25, 0.3) is 0 Å². The third-order valence-corrected chi connectivity index (χ3v) is 3.25. The molecule has 98 valence electrons. The van der Waals surface area contributed by atoms with Crippen LogP contribution in [0.1, 0.15) is 31.1 Å². The molecular formula is C13H16FNO2S. The monoisotopic (exact) mass is 269 g/mol. The summed E-state index contributed by atoms with van der Waals surface area (Å²) in [6, 6.07) is 4.39. The normalized spacial score (nSPS) is 10.5. The summed E-state index contributed by atoms with van der Waals surface area (Å²) in [6.45, 7) is 5.09. The van der Waals surface area contributed by atoms with E-state index in [1.807, 2.05) is 13.8 Å². The van der Waals surface area contributed by atoms with E-state index in [0.717, 1.165) is 11.8 Å². The van der Waals surface area contributed by atoms with Gasteiger partial charge in [0.1, 0.15) is 5.82 Å². The van der Waals surface area contributed by atoms with Gasteiger partial charge in [-0.3, -0.25) is 9.59 Å². The molecule has 0 heterocycles. The summed E-state index contributed by atoms with van der Waals surface area (Å²) < 4.78 is 13.6. The van der Waals surface area contributed by atoms with E-state index >= 15 is 0 Å². The number of carbonyl (C=O) groups excluding carboxylic acids is 2. The highest BCUT2D eigenvalue weighted by Crippen LogP contribution is 2.26. The molecule has 0 aromatic heterocycles. The van der Waals surface area contributed by atoms with E-state index in [9.17, 15) is 14.0 Å². The Bertz CT molecular complexity index is 460. The van der Waals surface area contributed by atoms with Crippen molar-refractivity contribution in [1.29, 1.82) is 0 Å². The summed E-state index contributed by atoms with van der Waals surface area (Å²) >= 11 is 1.04. The molecule has 1 aromatic rings. The molecule has 1 amide bonds. The van der Waals surface area contributed by atoms with Gasteiger partial charge in [0.15, 0.2) is 5.78 Å². The maximum absolute atomic E-state index is 13.6. The zero-order valence-electron chi connectivity index (χ0n) is 10.6. The minimum Gasteiger partial charge on any atom is -0.353 e. The van der Waals surface area contributed by atoms with Gasteiger partial charge >= 0.3 is 0 Å². The van der Waals surface area contributed by atoms with Gasteiger partial charge in [0.25, 0.3) is 0 Å². The molecule has 0 unspecified atom stereocenters. The van der Waals surface area contributed by atoms with Gasteiger partial charge in [0.2, 0.25) is 5.91 Å². The lowest BCUT2D eigenvalue weighted by Crippen LogP contribution is -2.31. The first-order valence-corrected chi connectivity index (χ1v) is 6.62. The van der Waals surface area contributed by atoms with Gasteiger partial charge in [0, 0.05) is 11.6 Å². The van der Waals surface area contributed by atoms with Crippen molar-refractivity contribution in [2.75, 3.05) is 5.75 Å². The van der Waals surface area contributed by atoms with E-state index in [1.165, 1.54) is 19.1 Å². The molecule has 0 atom stereocenters. The van der Waals surface area contributed by atoms with Crippen LogP contribution in [0.15, 0.2) is 23.1 Å². The van der Waals surface area contributed by atoms with E-state index < -0.39 is 5.82 Å². The minimum absolute atomic E-state index is 0.0472. The van der Waals surface area contributed by atoms with E-state index in [2.05, 4.69) is 5.32 Å². The number of benzene rings is 1. The van der Waals surface area contributed by atoms with Crippen LogP contribution in [-0.2, 0) is 4.79 Å². The second-order valence-corrected chi connectivity index (χ2v) is 5.17. The molecule has 0 saturated carbocycles. The third kappa shape index (κ3) is 4.14. The van der Waals surface area contributed by atoms with Crippen molar-refractivity contribution in [3.63, 3.8) is 0 Å². The van der Waals surface area contributed by atoms with Gasteiger partial charge in [-0.1, -0.05) is 12.1 Å². The molecule has 5 heteroatoms. The number of ketones is 1. The molecule has 0 aliphatic carbocycles. The van der Waals surface area contributed by atoms with Crippen molar-refractivity contribution in [3.05, 3.63) is 29.6 Å². The van der Waals surface area contributed by atoms with E-state index in [1.54, 1.807) is 6.07 Å². The molecular weight excluding hydrogens is 253 g/mol. The summed E-state index contributed by atoms with van der Waals surface area (Å²) in [4.78, 5) is 23.1. The maximum Gasteiger partial charge on any atom is 0.230 e. The van der Waals surface area contributed by atoms with Gasteiger partial charge in [-0.05, 0) is 26.8 Å². The quantitative estimate of drug-likeness (QED) is 0.660. The smallest absolute Gasteiger partial charge is 0.230 e. The zero-order chi connectivity index (χ0) is 13.7. The Kier molecular flexibility index (Phi) is 5.34. The van der Waals surface area contributed by atoms with Crippen molar-refractivity contribution in [1.82, 2.24) is 5.32 Å². The summed E-state index contributed by atoms with van der Waals surface area (Å²) in [6.07, 6.45) is 0. The van der Waals surface area contributed by atoms with Gasteiger partial charge in [-0.25, -0.2) is 4.39 Å². The fourth-order valence-electron chi connectivity index (χ4n) is 1.43. The molecule has 0 aliphatic heterocycles. The molecule has 0 spiro atoms. The van der Waals surface area contributed by atoms with Crippen LogP contribution in [0, 0.1) is 5.82 Å². The average Bonchev–Trinajstić information content (AvgIpc) is 2.25. The van der Waals surface area contributed by atoms with Crippen LogP contribution in [0.3, 0.4) is 0 Å². The molecule has 1 N–H and O–H groups in total. The van der Waals surface area contributed by atoms with E-state index in [0.29, 0.717) is 5.56 Å². The van der Waals surface area contributed by atoms with Crippen LogP contribution in [-0.4, -0.2) is 23.5 Å². The first kappa shape index (κ1) is 14.7. The second-order valence-electron chi connectivity index (χ2n) is 4.18. The molecule has 0 bridgehead atoms. The van der Waals surface area contributed by atoms with Gasteiger partial charge < -0.3 is 5.32 Å². The summed E-state index contributed by atoms with van der Waals surface area (Å²) in [5.41, 5.74) is 0.317. The Balaban J connectivity index is 2.78. The fourth-order valence-corrected chi connectivity index (χ4v) is 2.37. The topological polar surface area (TPSA) is 46.2 Å². The van der Waals surface area contributed by atoms with Crippen LogP contribution >= 0.6 is 11.8 Å². The highest BCUT2D eigenvalue weighted by Gasteiger charge is 2.14. The van der Waals surface area contributed by atoms with Crippen LogP contribution in [0.4, 0.5) is 4.39 Å². The maximum atomic E-state index is 13.6. The number of halogens is 1. The lowest BCUT2D eigenvalue weighted by Gasteiger charge is -2.10. The predicted octanol–water partition coefficient (Wildman–Crippen LogP) is 2.65. The molecule has 0 radical (unpaired) electrons. The lowest BCUT2D eigenvalue weighted by molar-refractivity contribution is -0.119. The lowest BCUT2D eigenvalue weighted by atomic mass is 10.1. The first-order chi connectivity index (χ1) is 8.41. The van der Waals surface area contributed by atoms with Crippen molar-refractivity contribution < 1.29 is 14.0 Å². The number of Topliss-reactive ketones (excluding diaryl/α,β-unsaturated/α-hetero) is 1. The Hall–Kier alpha value is -1.36. The van der Waals surface area contributed by atoms with Crippen molar-refractivity contribution in [2.45, 2.75) is 31.7 Å². The zero-order valence-corrected chi connectivity index (χ0v) is 11.4. The Morgan fingerprint density at radius 3 is 2.61 bits per heavy atom. The second kappa shape index (κ2) is 6.54. The number of carbonyl (C=O) groups is 2. The van der Waals surface area contributed by atoms with Gasteiger partial charge in [0.05, 0.1) is 10.6 Å². The number of rotatable bonds is 5. The van der Waals surface area contributed by atoms with Crippen LogP contribution < -0.4 is 5.32 Å². The number of hydrogen-bond donors (Lipinski definition) is 1. The van der Waals surface area contributed by atoms with Gasteiger partial charge in [-0.2, -0.15) is 0 Å². The standard InChI is InChI=1S/C13H16FNO2S/c1-8(2)15-12(17)7-18-13-10(9(3)16)5-4-6-11(13)14/h4-6,8H,7H2,1-3H3,(H,15,17). The highest BCUT2D eigenvalue weighted by atomic mass is 32.2. The Morgan fingerprint density at radius 2 is 2.06 bits per heavy atom. The molecule has 0 saturated heterocycles. The van der Waals surface area contributed by atoms with E-state index in [4.69, 9.17) is 0 Å². The van der Waals surface area contributed by atoms with Crippen molar-refractivity contribution >= 4 is 23.5 Å². The van der Waals surface area contributed by atoms with Crippen LogP contribution in [0.5, 0.6) is 0 Å². The number of amides is 1. The molecule has 18 heavy (non-hydrogen) atoms. The molecule has 3 nitrogen and oxygen atoms in total. The third-order valence-electron chi connectivity index (χ3n) is 2.14. The average molecular weight is 269 g/mol. The van der Waals surface area contributed by atoms with Gasteiger partial charge in [-0.15, -0.1) is 11.8 Å². The molecule has 1 aromatic carbocycles. The fraction of sp³-hybridized carbons (Fsp3) is 0.385. The minimum atomic E-state index is -0.468. The van der Waals surface area contributed by atoms with E-state index in [-0.39, 0.29) is 28.4 Å². The summed E-state index contributed by atoms with van der Waals surface area (Å²) in [7, 11) is 0. The largest absolute Gasteiger partial charge is 0.353 e. The van der Waals surface area contributed by atoms with Crippen molar-refractivity contribution in [2.24, 2.45) is 0 Å². The molecule has 0 aliphatic rings.